The Morgan fingerprint density at radius 1 is 1.30 bits per heavy atom. The zero-order chi connectivity index (χ0) is 16.8. The monoisotopic (exact) mass is 336 g/mol. The van der Waals surface area contributed by atoms with E-state index >= 15 is 0 Å². The average Bonchev–Trinajstić information content (AvgIpc) is 3.05. The number of amides is 1. The first-order valence-corrected chi connectivity index (χ1v) is 8.86. The molecule has 23 heavy (non-hydrogen) atoms. The van der Waals surface area contributed by atoms with Gasteiger partial charge in [-0.15, -0.1) is 11.3 Å². The van der Waals surface area contributed by atoms with E-state index in [1.165, 1.54) is 0 Å². The molecule has 0 radical (unpaired) electrons. The third kappa shape index (κ3) is 5.13. The summed E-state index contributed by atoms with van der Waals surface area (Å²) in [5.41, 5.74) is 0.995. The van der Waals surface area contributed by atoms with Crippen LogP contribution in [-0.2, 0) is 17.6 Å². The molecule has 7 heteroatoms. The maximum atomic E-state index is 12.0. The van der Waals surface area contributed by atoms with Crippen molar-refractivity contribution in [2.45, 2.75) is 65.8 Å². The van der Waals surface area contributed by atoms with Crippen molar-refractivity contribution in [3.8, 4) is 0 Å². The Labute approximate surface area is 140 Å². The van der Waals surface area contributed by atoms with Crippen LogP contribution in [0.15, 0.2) is 4.52 Å². The topological polar surface area (TPSA) is 80.9 Å². The molecule has 6 nitrogen and oxygen atoms in total. The number of nitrogens with zero attached hydrogens (tertiary/aromatic N) is 3. The Morgan fingerprint density at radius 3 is 2.74 bits per heavy atom. The molecule has 0 fully saturated rings. The number of rotatable bonds is 8. The lowest BCUT2D eigenvalue weighted by Gasteiger charge is -2.12. The molecule has 0 aliphatic heterocycles. The first kappa shape index (κ1) is 17.6. The lowest BCUT2D eigenvalue weighted by molar-refractivity contribution is -0.121. The Morgan fingerprint density at radius 2 is 2.09 bits per heavy atom. The van der Waals surface area contributed by atoms with Crippen molar-refractivity contribution in [2.24, 2.45) is 0 Å². The van der Waals surface area contributed by atoms with Crippen LogP contribution in [-0.4, -0.2) is 21.0 Å². The van der Waals surface area contributed by atoms with E-state index in [4.69, 9.17) is 4.52 Å². The van der Waals surface area contributed by atoms with Crippen molar-refractivity contribution >= 4 is 17.2 Å². The molecule has 0 unspecified atom stereocenters. The van der Waals surface area contributed by atoms with Gasteiger partial charge in [-0.2, -0.15) is 4.98 Å². The van der Waals surface area contributed by atoms with Gasteiger partial charge in [-0.1, -0.05) is 12.1 Å². The predicted octanol–water partition coefficient (Wildman–Crippen LogP) is 3.30. The van der Waals surface area contributed by atoms with E-state index in [-0.39, 0.29) is 11.9 Å². The van der Waals surface area contributed by atoms with Gasteiger partial charge in [0.15, 0.2) is 5.82 Å². The summed E-state index contributed by atoms with van der Waals surface area (Å²) < 4.78 is 5.17. The van der Waals surface area contributed by atoms with Gasteiger partial charge in [0.25, 0.3) is 0 Å². The van der Waals surface area contributed by atoms with E-state index in [9.17, 15) is 4.79 Å². The molecule has 0 saturated heterocycles. The van der Waals surface area contributed by atoms with E-state index in [0.717, 1.165) is 34.2 Å². The van der Waals surface area contributed by atoms with Crippen LogP contribution >= 0.6 is 11.3 Å². The van der Waals surface area contributed by atoms with E-state index in [1.54, 1.807) is 11.3 Å². The molecule has 0 aromatic carbocycles. The Kier molecular flexibility index (Phi) is 6.27. The van der Waals surface area contributed by atoms with Crippen LogP contribution < -0.4 is 5.32 Å². The van der Waals surface area contributed by atoms with Gasteiger partial charge in [-0.3, -0.25) is 4.79 Å². The summed E-state index contributed by atoms with van der Waals surface area (Å²) in [4.78, 5) is 21.9. The first-order valence-electron chi connectivity index (χ1n) is 8.04. The smallest absolute Gasteiger partial charge is 0.226 e. The summed E-state index contributed by atoms with van der Waals surface area (Å²) in [6, 6.07) is -0.00624. The minimum absolute atomic E-state index is 0.00624. The van der Waals surface area contributed by atoms with Gasteiger partial charge in [0, 0.05) is 24.1 Å². The predicted molar refractivity (Wildman–Crippen MR) is 89.4 cm³/mol. The SMILES string of the molecule is CCCc1noc(CCCC(=O)N[C@@H](C)c2sc(C)nc2C)n1. The Balaban J connectivity index is 1.75. The number of carbonyl (C=O) groups excluding carboxylic acids is 1. The molecule has 1 N–H and O–H groups in total. The van der Waals surface area contributed by atoms with Crippen LogP contribution in [0.1, 0.15) is 66.4 Å². The highest BCUT2D eigenvalue weighted by Gasteiger charge is 2.15. The molecular formula is C16H24N4O2S. The third-order valence-electron chi connectivity index (χ3n) is 3.49. The number of hydrogen-bond donors (Lipinski definition) is 1. The highest BCUT2D eigenvalue weighted by molar-refractivity contribution is 7.11. The summed E-state index contributed by atoms with van der Waals surface area (Å²) in [5, 5.41) is 7.96. The molecule has 2 aromatic rings. The van der Waals surface area contributed by atoms with Gasteiger partial charge in [0.2, 0.25) is 11.8 Å². The molecule has 0 aliphatic rings. The molecule has 0 bridgehead atoms. The second-order valence-electron chi connectivity index (χ2n) is 5.68. The highest BCUT2D eigenvalue weighted by atomic mass is 32.1. The van der Waals surface area contributed by atoms with Crippen molar-refractivity contribution < 1.29 is 9.32 Å². The minimum atomic E-state index is -0.00624. The van der Waals surface area contributed by atoms with Crippen LogP contribution in [0.5, 0.6) is 0 Å². The van der Waals surface area contributed by atoms with Gasteiger partial charge in [0.05, 0.1) is 16.7 Å². The summed E-state index contributed by atoms with van der Waals surface area (Å²) in [7, 11) is 0. The third-order valence-corrected chi connectivity index (χ3v) is 4.74. The molecular weight excluding hydrogens is 312 g/mol. The number of aryl methyl sites for hydroxylation is 4. The fraction of sp³-hybridized carbons (Fsp3) is 0.625. The van der Waals surface area contributed by atoms with Crippen molar-refractivity contribution in [3.05, 3.63) is 27.3 Å². The van der Waals surface area contributed by atoms with Crippen LogP contribution in [0.4, 0.5) is 0 Å². The van der Waals surface area contributed by atoms with Crippen LogP contribution in [0.3, 0.4) is 0 Å². The number of hydrogen-bond acceptors (Lipinski definition) is 6. The fourth-order valence-electron chi connectivity index (χ4n) is 2.45. The molecule has 2 rings (SSSR count). The van der Waals surface area contributed by atoms with Crippen LogP contribution in [0.25, 0.3) is 0 Å². The highest BCUT2D eigenvalue weighted by Crippen LogP contribution is 2.24. The lowest BCUT2D eigenvalue weighted by Crippen LogP contribution is -2.26. The summed E-state index contributed by atoms with van der Waals surface area (Å²) in [5.74, 6) is 1.40. The lowest BCUT2D eigenvalue weighted by atomic mass is 10.2. The minimum Gasteiger partial charge on any atom is -0.349 e. The fourth-order valence-corrected chi connectivity index (χ4v) is 3.37. The maximum Gasteiger partial charge on any atom is 0.226 e. The zero-order valence-electron chi connectivity index (χ0n) is 14.2. The average molecular weight is 336 g/mol. The molecule has 1 atom stereocenters. The summed E-state index contributed by atoms with van der Waals surface area (Å²) in [6.45, 7) is 8.03. The number of thiazole rings is 1. The van der Waals surface area contributed by atoms with E-state index in [0.29, 0.717) is 25.2 Å². The Hall–Kier alpha value is -1.76. The van der Waals surface area contributed by atoms with Crippen LogP contribution in [0.2, 0.25) is 0 Å². The van der Waals surface area contributed by atoms with Crippen molar-refractivity contribution in [2.75, 3.05) is 0 Å². The zero-order valence-corrected chi connectivity index (χ0v) is 15.0. The summed E-state index contributed by atoms with van der Waals surface area (Å²) in [6.07, 6.45) is 3.61. The molecule has 0 saturated carbocycles. The Bertz CT molecular complexity index is 650. The molecule has 2 aromatic heterocycles. The number of aromatic nitrogens is 3. The first-order chi connectivity index (χ1) is 11.0. The van der Waals surface area contributed by atoms with E-state index in [1.807, 2.05) is 20.8 Å². The molecule has 2 heterocycles. The number of nitrogens with one attached hydrogen (secondary N) is 1. The van der Waals surface area contributed by atoms with Gasteiger partial charge in [0.1, 0.15) is 0 Å². The van der Waals surface area contributed by atoms with Gasteiger partial charge in [-0.25, -0.2) is 4.98 Å². The molecule has 0 spiro atoms. The van der Waals surface area contributed by atoms with Crippen LogP contribution in [0, 0.1) is 13.8 Å². The van der Waals surface area contributed by atoms with E-state index in [2.05, 4.69) is 27.4 Å². The van der Waals surface area contributed by atoms with Gasteiger partial charge >= 0.3 is 0 Å². The van der Waals surface area contributed by atoms with Crippen molar-refractivity contribution in [3.63, 3.8) is 0 Å². The van der Waals surface area contributed by atoms with E-state index < -0.39 is 0 Å². The maximum absolute atomic E-state index is 12.0. The summed E-state index contributed by atoms with van der Waals surface area (Å²) >= 11 is 1.63. The molecule has 1 amide bonds. The normalized spacial score (nSPS) is 12.3. The van der Waals surface area contributed by atoms with Gasteiger partial charge in [-0.05, 0) is 33.6 Å². The van der Waals surface area contributed by atoms with Gasteiger partial charge < -0.3 is 9.84 Å². The molecule has 126 valence electrons. The van der Waals surface area contributed by atoms with Crippen molar-refractivity contribution in [1.82, 2.24) is 20.4 Å². The standard InChI is InChI=1S/C16H24N4O2S/c1-5-7-13-19-15(22-20-13)9-6-8-14(21)18-11(3)16-10(2)17-12(4)23-16/h11H,5-9H2,1-4H3,(H,18,21)/t11-/m0/s1. The second kappa shape index (κ2) is 8.19. The second-order valence-corrected chi connectivity index (χ2v) is 6.91. The number of carbonyl (C=O) groups is 1. The van der Waals surface area contributed by atoms with Crippen molar-refractivity contribution in [1.29, 1.82) is 0 Å². The largest absolute Gasteiger partial charge is 0.349 e. The molecule has 0 aliphatic carbocycles. The quantitative estimate of drug-likeness (QED) is 0.800.